The Morgan fingerprint density at radius 2 is 1.13 bits per heavy atom. The third kappa shape index (κ3) is 7.12. The van der Waals surface area contributed by atoms with Crippen molar-refractivity contribution in [1.29, 1.82) is 0 Å². The highest BCUT2D eigenvalue weighted by atomic mass is 35.5. The van der Waals surface area contributed by atoms with E-state index in [1.165, 1.54) is 0 Å². The third-order valence-electron chi connectivity index (χ3n) is 4.13. The minimum Gasteiger partial charge on any atom is -0.481 e. The van der Waals surface area contributed by atoms with Crippen molar-refractivity contribution in [2.24, 2.45) is 0 Å². The lowest BCUT2D eigenvalue weighted by molar-refractivity contribution is 0.370. The van der Waals surface area contributed by atoms with E-state index < -0.39 is 0 Å². The van der Waals surface area contributed by atoms with Crippen molar-refractivity contribution in [2.75, 3.05) is 13.2 Å². The number of nitrogens with zero attached hydrogens (tertiary/aromatic N) is 1. The van der Waals surface area contributed by atoms with E-state index in [0.717, 1.165) is 34.0 Å². The van der Waals surface area contributed by atoms with Crippen LogP contribution in [0.3, 0.4) is 0 Å². The minimum atomic E-state index is 0.252. The molecule has 4 heteroatoms. The predicted molar refractivity (Wildman–Crippen MR) is 129 cm³/mol. The molecular formula is C27H20ClNO2. The van der Waals surface area contributed by atoms with Crippen LogP contribution in [-0.2, 0) is 0 Å². The zero-order chi connectivity index (χ0) is 21.9. The van der Waals surface area contributed by atoms with Gasteiger partial charge in [0.05, 0.1) is 11.4 Å². The molecule has 0 radical (unpaired) electrons. The van der Waals surface area contributed by atoms with Crippen molar-refractivity contribution in [1.82, 2.24) is 4.98 Å². The number of terminal acetylenes is 2. The van der Waals surface area contributed by atoms with Gasteiger partial charge in [-0.1, -0.05) is 59.9 Å². The fourth-order valence-electron chi connectivity index (χ4n) is 2.67. The first-order valence-corrected chi connectivity index (χ1v) is 9.90. The first-order chi connectivity index (χ1) is 15.2. The molecule has 1 heterocycles. The van der Waals surface area contributed by atoms with E-state index in [1.807, 2.05) is 85.0 Å². The van der Waals surface area contributed by atoms with E-state index in [9.17, 15) is 0 Å². The molecule has 31 heavy (non-hydrogen) atoms. The molecule has 0 fully saturated rings. The maximum atomic E-state index is 6.28. The Kier molecular flexibility index (Phi) is 7.95. The van der Waals surface area contributed by atoms with Crippen molar-refractivity contribution in [3.63, 3.8) is 0 Å². The van der Waals surface area contributed by atoms with Gasteiger partial charge in [-0.25, -0.2) is 4.98 Å². The normalized spacial score (nSPS) is 10.7. The van der Waals surface area contributed by atoms with Crippen molar-refractivity contribution < 1.29 is 9.47 Å². The van der Waals surface area contributed by atoms with Crippen LogP contribution in [0.5, 0.6) is 11.5 Å². The Morgan fingerprint density at radius 3 is 1.52 bits per heavy atom. The molecule has 0 N–H and O–H groups in total. The second kappa shape index (κ2) is 11.3. The van der Waals surface area contributed by atoms with Gasteiger partial charge in [0.2, 0.25) is 0 Å². The number of halogens is 1. The maximum absolute atomic E-state index is 6.28. The van der Waals surface area contributed by atoms with E-state index in [0.29, 0.717) is 5.02 Å². The van der Waals surface area contributed by atoms with Crippen molar-refractivity contribution in [2.45, 2.75) is 0 Å². The first-order valence-electron chi connectivity index (χ1n) is 9.53. The van der Waals surface area contributed by atoms with Gasteiger partial charge in [0, 0.05) is 5.02 Å². The molecule has 1 aromatic heterocycles. The van der Waals surface area contributed by atoms with Gasteiger partial charge in [-0.2, -0.15) is 0 Å². The van der Waals surface area contributed by atoms with Crippen LogP contribution in [0.4, 0.5) is 0 Å². The molecule has 0 bridgehead atoms. The summed E-state index contributed by atoms with van der Waals surface area (Å²) in [6.07, 6.45) is 18.2. The second-order valence-corrected chi connectivity index (χ2v) is 6.86. The quantitative estimate of drug-likeness (QED) is 0.408. The molecule has 0 aliphatic heterocycles. The van der Waals surface area contributed by atoms with E-state index in [2.05, 4.69) is 16.8 Å². The summed E-state index contributed by atoms with van der Waals surface area (Å²) < 4.78 is 10.8. The number of benzene rings is 2. The number of ether oxygens (including phenoxy) is 2. The molecule has 3 rings (SSSR count). The van der Waals surface area contributed by atoms with Crippen LogP contribution >= 0.6 is 11.6 Å². The van der Waals surface area contributed by atoms with Gasteiger partial charge in [0.1, 0.15) is 24.7 Å². The van der Waals surface area contributed by atoms with Gasteiger partial charge in [0.15, 0.2) is 0 Å². The summed E-state index contributed by atoms with van der Waals surface area (Å²) in [6, 6.07) is 18.9. The summed E-state index contributed by atoms with van der Waals surface area (Å²) in [6.45, 7) is 0.503. The topological polar surface area (TPSA) is 31.4 Å². The van der Waals surface area contributed by atoms with Crippen molar-refractivity contribution >= 4 is 35.9 Å². The summed E-state index contributed by atoms with van der Waals surface area (Å²) in [4.78, 5) is 4.63. The molecule has 0 atom stereocenters. The first kappa shape index (κ1) is 21.8. The molecule has 0 amide bonds. The molecule has 3 aromatic rings. The van der Waals surface area contributed by atoms with Gasteiger partial charge in [0.25, 0.3) is 0 Å². The molecule has 0 spiro atoms. The SMILES string of the molecule is C#CCOc1ccc(C=Cc2cc(Cl)cc(C=Cc3ccc(OCC#C)cc3)n2)cc1. The largest absolute Gasteiger partial charge is 0.481 e. The Balaban J connectivity index is 1.68. The Labute approximate surface area is 188 Å². The average molecular weight is 426 g/mol. The second-order valence-electron chi connectivity index (χ2n) is 6.43. The Bertz CT molecular complexity index is 1060. The van der Waals surface area contributed by atoms with Crippen LogP contribution in [-0.4, -0.2) is 18.2 Å². The lowest BCUT2D eigenvalue weighted by atomic mass is 10.1. The molecule has 152 valence electrons. The van der Waals surface area contributed by atoms with Gasteiger partial charge >= 0.3 is 0 Å². The highest BCUT2D eigenvalue weighted by Crippen LogP contribution is 2.19. The van der Waals surface area contributed by atoms with Crippen molar-refractivity contribution in [3.05, 3.63) is 88.2 Å². The minimum absolute atomic E-state index is 0.252. The number of hydrogen-bond donors (Lipinski definition) is 0. The summed E-state index contributed by atoms with van der Waals surface area (Å²) >= 11 is 6.28. The molecular weight excluding hydrogens is 406 g/mol. The molecule has 2 aromatic carbocycles. The van der Waals surface area contributed by atoms with Crippen LogP contribution in [0.25, 0.3) is 24.3 Å². The van der Waals surface area contributed by atoms with E-state index in [-0.39, 0.29) is 13.2 Å². The summed E-state index contributed by atoms with van der Waals surface area (Å²) in [5, 5.41) is 0.616. The van der Waals surface area contributed by atoms with Crippen LogP contribution in [0.2, 0.25) is 5.02 Å². The fourth-order valence-corrected chi connectivity index (χ4v) is 2.90. The van der Waals surface area contributed by atoms with E-state index in [1.54, 1.807) is 0 Å². The molecule has 0 unspecified atom stereocenters. The summed E-state index contributed by atoms with van der Waals surface area (Å²) in [5.74, 6) is 6.36. The lowest BCUT2D eigenvalue weighted by Gasteiger charge is -2.03. The number of hydrogen-bond acceptors (Lipinski definition) is 3. The number of aromatic nitrogens is 1. The van der Waals surface area contributed by atoms with E-state index >= 15 is 0 Å². The van der Waals surface area contributed by atoms with E-state index in [4.69, 9.17) is 33.9 Å². The molecule has 0 saturated heterocycles. The standard InChI is InChI=1S/C27H20ClNO2/c1-3-17-30-26-13-7-21(8-14-26)5-11-24-19-23(28)20-25(29-24)12-6-22-9-15-27(16-10-22)31-18-4-2/h1-2,5-16,19-20H,17-18H2. The Morgan fingerprint density at radius 1 is 0.710 bits per heavy atom. The summed E-state index contributed by atoms with van der Waals surface area (Å²) in [7, 11) is 0. The zero-order valence-electron chi connectivity index (χ0n) is 16.8. The summed E-state index contributed by atoms with van der Waals surface area (Å²) in [5.41, 5.74) is 3.55. The van der Waals surface area contributed by atoms with Crippen LogP contribution in [0.15, 0.2) is 60.7 Å². The van der Waals surface area contributed by atoms with Gasteiger partial charge in [-0.15, -0.1) is 12.8 Å². The monoisotopic (exact) mass is 425 g/mol. The van der Waals surface area contributed by atoms with Crippen LogP contribution in [0, 0.1) is 24.7 Å². The van der Waals surface area contributed by atoms with Gasteiger partial charge < -0.3 is 9.47 Å². The molecule has 0 aliphatic carbocycles. The zero-order valence-corrected chi connectivity index (χ0v) is 17.5. The Hall–Kier alpha value is -3.92. The lowest BCUT2D eigenvalue weighted by Crippen LogP contribution is -1.92. The molecule has 0 aliphatic rings. The predicted octanol–water partition coefficient (Wildman–Crippen LogP) is 6.10. The smallest absolute Gasteiger partial charge is 0.148 e. The van der Waals surface area contributed by atoms with Crippen molar-refractivity contribution in [3.8, 4) is 36.2 Å². The highest BCUT2D eigenvalue weighted by molar-refractivity contribution is 6.30. The fraction of sp³-hybridized carbons (Fsp3) is 0.0741. The van der Waals surface area contributed by atoms with Crippen LogP contribution in [0.1, 0.15) is 22.5 Å². The third-order valence-corrected chi connectivity index (χ3v) is 4.35. The highest BCUT2D eigenvalue weighted by Gasteiger charge is 1.99. The molecule has 3 nitrogen and oxygen atoms in total. The number of pyridine rings is 1. The van der Waals surface area contributed by atoms with Crippen LogP contribution < -0.4 is 9.47 Å². The molecule has 0 saturated carbocycles. The maximum Gasteiger partial charge on any atom is 0.148 e. The average Bonchev–Trinajstić information content (AvgIpc) is 2.80. The number of rotatable bonds is 8. The van der Waals surface area contributed by atoms with Gasteiger partial charge in [-0.05, 0) is 59.7 Å². The van der Waals surface area contributed by atoms with Gasteiger partial charge in [-0.3, -0.25) is 0 Å².